The number of rotatable bonds is 5. The molecule has 1 atom stereocenters. The second-order valence-corrected chi connectivity index (χ2v) is 3.60. The third kappa shape index (κ3) is 3.59. The lowest BCUT2D eigenvalue weighted by Crippen LogP contribution is -2.20. The molecule has 1 N–H and O–H groups in total. The minimum absolute atomic E-state index is 0.622. The van der Waals surface area contributed by atoms with Gasteiger partial charge in [0.1, 0.15) is 0 Å². The van der Waals surface area contributed by atoms with E-state index in [-0.39, 0.29) is 0 Å². The zero-order chi connectivity index (χ0) is 9.68. The standard InChI is InChI=1S/C10H19N3/c1-9(11-2)5-4-6-10-7-12-13(3)8-10/h7-9,11H,4-6H2,1-3H3. The highest BCUT2D eigenvalue weighted by Crippen LogP contribution is 2.04. The van der Waals surface area contributed by atoms with Crippen LogP contribution in [0.5, 0.6) is 0 Å². The smallest absolute Gasteiger partial charge is 0.0521 e. The van der Waals surface area contributed by atoms with Crippen LogP contribution in [0.1, 0.15) is 25.3 Å². The Labute approximate surface area is 80.1 Å². The molecule has 0 spiro atoms. The normalized spacial score (nSPS) is 13.2. The average molecular weight is 181 g/mol. The van der Waals surface area contributed by atoms with Gasteiger partial charge in [-0.15, -0.1) is 0 Å². The summed E-state index contributed by atoms with van der Waals surface area (Å²) in [6.07, 6.45) is 7.63. The third-order valence-electron chi connectivity index (χ3n) is 2.35. The molecule has 1 heterocycles. The van der Waals surface area contributed by atoms with Crippen molar-refractivity contribution in [3.63, 3.8) is 0 Å². The van der Waals surface area contributed by atoms with E-state index in [2.05, 4.69) is 23.5 Å². The van der Waals surface area contributed by atoms with E-state index in [1.807, 2.05) is 25.0 Å². The Hall–Kier alpha value is -0.830. The third-order valence-corrected chi connectivity index (χ3v) is 2.35. The monoisotopic (exact) mass is 181 g/mol. The van der Waals surface area contributed by atoms with E-state index in [0.717, 1.165) is 6.42 Å². The van der Waals surface area contributed by atoms with Crippen molar-refractivity contribution in [2.24, 2.45) is 7.05 Å². The number of hydrogen-bond acceptors (Lipinski definition) is 2. The molecule has 1 aromatic heterocycles. The fourth-order valence-electron chi connectivity index (χ4n) is 1.36. The summed E-state index contributed by atoms with van der Waals surface area (Å²) in [7, 11) is 3.97. The minimum Gasteiger partial charge on any atom is -0.317 e. The van der Waals surface area contributed by atoms with E-state index < -0.39 is 0 Å². The molecule has 3 nitrogen and oxygen atoms in total. The molecule has 0 saturated carbocycles. The van der Waals surface area contributed by atoms with Gasteiger partial charge in [-0.25, -0.2) is 0 Å². The van der Waals surface area contributed by atoms with Crippen molar-refractivity contribution < 1.29 is 0 Å². The molecule has 0 aromatic carbocycles. The first-order valence-corrected chi connectivity index (χ1v) is 4.87. The fourth-order valence-corrected chi connectivity index (χ4v) is 1.36. The average Bonchev–Trinajstić information content (AvgIpc) is 2.51. The summed E-state index contributed by atoms with van der Waals surface area (Å²) >= 11 is 0. The molecule has 0 aliphatic rings. The number of aromatic nitrogens is 2. The molecule has 0 radical (unpaired) electrons. The highest BCUT2D eigenvalue weighted by molar-refractivity contribution is 5.03. The maximum atomic E-state index is 4.14. The van der Waals surface area contributed by atoms with E-state index in [4.69, 9.17) is 0 Å². The van der Waals surface area contributed by atoms with Gasteiger partial charge in [0.15, 0.2) is 0 Å². The highest BCUT2D eigenvalue weighted by atomic mass is 15.2. The molecule has 1 aromatic rings. The Kier molecular flexibility index (Phi) is 3.96. The zero-order valence-electron chi connectivity index (χ0n) is 8.75. The van der Waals surface area contributed by atoms with Crippen molar-refractivity contribution in [1.29, 1.82) is 0 Å². The van der Waals surface area contributed by atoms with Crippen molar-refractivity contribution in [3.8, 4) is 0 Å². The molecular weight excluding hydrogens is 162 g/mol. The zero-order valence-corrected chi connectivity index (χ0v) is 8.75. The second kappa shape index (κ2) is 5.02. The molecule has 74 valence electrons. The van der Waals surface area contributed by atoms with Gasteiger partial charge < -0.3 is 5.32 Å². The Morgan fingerprint density at radius 1 is 1.62 bits per heavy atom. The predicted molar refractivity (Wildman–Crippen MR) is 54.7 cm³/mol. The van der Waals surface area contributed by atoms with Crippen LogP contribution in [-0.2, 0) is 13.5 Å². The van der Waals surface area contributed by atoms with E-state index in [9.17, 15) is 0 Å². The molecule has 0 aliphatic heterocycles. The summed E-state index contributed by atoms with van der Waals surface area (Å²) in [4.78, 5) is 0. The van der Waals surface area contributed by atoms with Gasteiger partial charge in [0, 0.05) is 19.3 Å². The number of aryl methyl sites for hydroxylation is 2. The lowest BCUT2D eigenvalue weighted by Gasteiger charge is -2.08. The van der Waals surface area contributed by atoms with Gasteiger partial charge in [-0.2, -0.15) is 5.10 Å². The van der Waals surface area contributed by atoms with E-state index in [1.165, 1.54) is 18.4 Å². The Balaban J connectivity index is 2.20. The lowest BCUT2D eigenvalue weighted by molar-refractivity contribution is 0.542. The van der Waals surface area contributed by atoms with Crippen LogP contribution < -0.4 is 5.32 Å². The molecule has 0 saturated heterocycles. The Bertz CT molecular complexity index is 242. The summed E-state index contributed by atoms with van der Waals surface area (Å²) < 4.78 is 1.86. The molecular formula is C10H19N3. The maximum absolute atomic E-state index is 4.14. The predicted octanol–water partition coefficient (Wildman–Crippen LogP) is 1.35. The van der Waals surface area contributed by atoms with Crippen LogP contribution in [0.25, 0.3) is 0 Å². The molecule has 1 unspecified atom stereocenters. The summed E-state index contributed by atoms with van der Waals surface area (Å²) in [5.74, 6) is 0. The summed E-state index contributed by atoms with van der Waals surface area (Å²) in [6, 6.07) is 0.622. The largest absolute Gasteiger partial charge is 0.317 e. The molecule has 0 bridgehead atoms. The van der Waals surface area contributed by atoms with Crippen molar-refractivity contribution in [2.45, 2.75) is 32.2 Å². The van der Waals surface area contributed by atoms with Crippen molar-refractivity contribution in [1.82, 2.24) is 15.1 Å². The molecule has 3 heteroatoms. The maximum Gasteiger partial charge on any atom is 0.0521 e. The summed E-state index contributed by atoms with van der Waals surface area (Å²) in [6.45, 7) is 2.21. The van der Waals surface area contributed by atoms with Crippen molar-refractivity contribution in [2.75, 3.05) is 7.05 Å². The van der Waals surface area contributed by atoms with Crippen LogP contribution in [0.3, 0.4) is 0 Å². The fraction of sp³-hybridized carbons (Fsp3) is 0.700. The topological polar surface area (TPSA) is 29.9 Å². The molecule has 13 heavy (non-hydrogen) atoms. The van der Waals surface area contributed by atoms with Crippen molar-refractivity contribution in [3.05, 3.63) is 18.0 Å². The Morgan fingerprint density at radius 2 is 2.38 bits per heavy atom. The second-order valence-electron chi connectivity index (χ2n) is 3.60. The van der Waals surface area contributed by atoms with Gasteiger partial charge in [-0.3, -0.25) is 4.68 Å². The van der Waals surface area contributed by atoms with Crippen LogP contribution in [0.15, 0.2) is 12.4 Å². The van der Waals surface area contributed by atoms with Gasteiger partial charge in [-0.05, 0) is 38.8 Å². The molecule has 0 amide bonds. The van der Waals surface area contributed by atoms with Crippen LogP contribution in [0, 0.1) is 0 Å². The van der Waals surface area contributed by atoms with Crippen molar-refractivity contribution >= 4 is 0 Å². The lowest BCUT2D eigenvalue weighted by atomic mass is 10.1. The summed E-state index contributed by atoms with van der Waals surface area (Å²) in [5.41, 5.74) is 1.34. The SMILES string of the molecule is CNC(C)CCCc1cnn(C)c1. The van der Waals surface area contributed by atoms with Gasteiger partial charge in [0.05, 0.1) is 6.20 Å². The van der Waals surface area contributed by atoms with Gasteiger partial charge >= 0.3 is 0 Å². The summed E-state index contributed by atoms with van der Waals surface area (Å²) in [5, 5.41) is 7.37. The van der Waals surface area contributed by atoms with Crippen LogP contribution in [0.4, 0.5) is 0 Å². The first-order chi connectivity index (χ1) is 6.22. The van der Waals surface area contributed by atoms with Gasteiger partial charge in [-0.1, -0.05) is 0 Å². The first kappa shape index (κ1) is 10.3. The number of nitrogens with one attached hydrogen (secondary N) is 1. The number of hydrogen-bond donors (Lipinski definition) is 1. The first-order valence-electron chi connectivity index (χ1n) is 4.87. The van der Waals surface area contributed by atoms with Crippen LogP contribution in [-0.4, -0.2) is 22.9 Å². The molecule has 0 fully saturated rings. The van der Waals surface area contributed by atoms with Gasteiger partial charge in [0.25, 0.3) is 0 Å². The van der Waals surface area contributed by atoms with Crippen LogP contribution in [0.2, 0.25) is 0 Å². The quantitative estimate of drug-likeness (QED) is 0.743. The molecule has 0 aliphatic carbocycles. The van der Waals surface area contributed by atoms with E-state index >= 15 is 0 Å². The minimum atomic E-state index is 0.622. The van der Waals surface area contributed by atoms with Gasteiger partial charge in [0.2, 0.25) is 0 Å². The number of nitrogens with zero attached hydrogens (tertiary/aromatic N) is 2. The van der Waals surface area contributed by atoms with E-state index in [0.29, 0.717) is 6.04 Å². The van der Waals surface area contributed by atoms with E-state index in [1.54, 1.807) is 0 Å². The molecule has 1 rings (SSSR count). The van der Waals surface area contributed by atoms with Crippen LogP contribution >= 0.6 is 0 Å². The highest BCUT2D eigenvalue weighted by Gasteiger charge is 1.99. The Morgan fingerprint density at radius 3 is 2.92 bits per heavy atom.